The Kier molecular flexibility index (Phi) is 5.98. The molecular formula is C25H20F3N5OS. The molecule has 0 saturated carbocycles. The van der Waals surface area contributed by atoms with Crippen LogP contribution in [0.25, 0.3) is 11.4 Å². The maximum Gasteiger partial charge on any atom is 0.418 e. The van der Waals surface area contributed by atoms with Crippen LogP contribution in [0.1, 0.15) is 22.7 Å². The number of carbonyl (C=O) groups excluding carboxylic acids is 1. The van der Waals surface area contributed by atoms with Crippen molar-refractivity contribution in [3.8, 4) is 11.4 Å². The van der Waals surface area contributed by atoms with E-state index in [9.17, 15) is 18.0 Å². The zero-order valence-corrected chi connectivity index (χ0v) is 19.3. The van der Waals surface area contributed by atoms with Gasteiger partial charge < -0.3 is 10.7 Å². The predicted molar refractivity (Wildman–Crippen MR) is 128 cm³/mol. The number of anilines is 1. The molecule has 0 spiro atoms. The first-order valence-electron chi connectivity index (χ1n) is 10.8. The second-order valence-corrected chi connectivity index (χ2v) is 9.20. The maximum atomic E-state index is 13.5. The van der Waals surface area contributed by atoms with Crippen molar-refractivity contribution in [1.82, 2.24) is 14.9 Å². The molecule has 0 unspecified atom stereocenters. The van der Waals surface area contributed by atoms with Gasteiger partial charge in [-0.15, -0.1) is 10.2 Å². The molecule has 1 amide bonds. The van der Waals surface area contributed by atoms with Crippen LogP contribution >= 0.6 is 11.8 Å². The Morgan fingerprint density at radius 3 is 2.37 bits per heavy atom. The number of rotatable bonds is 4. The number of carbonyl (C=O) groups is 1. The molecule has 4 aromatic rings. The lowest BCUT2D eigenvalue weighted by Crippen LogP contribution is -2.41. The van der Waals surface area contributed by atoms with Crippen molar-refractivity contribution >= 4 is 23.4 Å². The van der Waals surface area contributed by atoms with Crippen LogP contribution < -0.4 is 10.7 Å². The predicted octanol–water partition coefficient (Wildman–Crippen LogP) is 5.67. The number of nitrogens with zero attached hydrogens (tertiary/aromatic N) is 3. The SMILES string of the molecule is Cc1ccc([C@@H]2Nn3c(nnc3-c3ccccc3)S[C@H]2C(=O)Nc2ccccc2C(F)(F)F)cc1. The fourth-order valence-electron chi connectivity index (χ4n) is 3.90. The third-order valence-electron chi connectivity index (χ3n) is 5.65. The van der Waals surface area contributed by atoms with E-state index in [1.165, 1.54) is 18.2 Å². The van der Waals surface area contributed by atoms with Crippen LogP contribution in [-0.4, -0.2) is 26.0 Å². The molecule has 3 aromatic carbocycles. The topological polar surface area (TPSA) is 71.8 Å². The first kappa shape index (κ1) is 23.0. The second kappa shape index (κ2) is 9.10. The summed E-state index contributed by atoms with van der Waals surface area (Å²) in [6, 6.07) is 21.5. The van der Waals surface area contributed by atoms with E-state index in [1.54, 1.807) is 4.68 Å². The number of benzene rings is 3. The van der Waals surface area contributed by atoms with E-state index in [-0.39, 0.29) is 5.69 Å². The number of amides is 1. The van der Waals surface area contributed by atoms with E-state index >= 15 is 0 Å². The van der Waals surface area contributed by atoms with Crippen molar-refractivity contribution in [2.75, 3.05) is 10.7 Å². The quantitative estimate of drug-likeness (QED) is 0.382. The van der Waals surface area contributed by atoms with Gasteiger partial charge in [0.2, 0.25) is 11.1 Å². The van der Waals surface area contributed by atoms with Gasteiger partial charge in [-0.25, -0.2) is 4.68 Å². The van der Waals surface area contributed by atoms with Crippen molar-refractivity contribution in [1.29, 1.82) is 0 Å². The maximum absolute atomic E-state index is 13.5. The zero-order valence-electron chi connectivity index (χ0n) is 18.5. The van der Waals surface area contributed by atoms with Crippen molar-refractivity contribution in [2.24, 2.45) is 0 Å². The lowest BCUT2D eigenvalue weighted by Gasteiger charge is -2.33. The molecule has 5 rings (SSSR count). The second-order valence-electron chi connectivity index (χ2n) is 8.10. The molecule has 2 atom stereocenters. The van der Waals surface area contributed by atoms with E-state index in [2.05, 4.69) is 20.9 Å². The molecule has 0 aliphatic carbocycles. The van der Waals surface area contributed by atoms with Crippen LogP contribution in [0.3, 0.4) is 0 Å². The molecule has 0 radical (unpaired) electrons. The number of aromatic nitrogens is 3. The van der Waals surface area contributed by atoms with E-state index < -0.39 is 28.9 Å². The molecule has 35 heavy (non-hydrogen) atoms. The molecule has 1 aliphatic heterocycles. The fraction of sp³-hybridized carbons (Fsp3) is 0.160. The van der Waals surface area contributed by atoms with Gasteiger partial charge in [-0.1, -0.05) is 84.1 Å². The average Bonchev–Trinajstić information content (AvgIpc) is 3.27. The minimum Gasteiger partial charge on any atom is -0.324 e. The average molecular weight is 496 g/mol. The van der Waals surface area contributed by atoms with Crippen molar-refractivity contribution in [3.63, 3.8) is 0 Å². The first-order chi connectivity index (χ1) is 16.8. The Labute approximate surface area is 203 Å². The van der Waals surface area contributed by atoms with Gasteiger partial charge >= 0.3 is 6.18 Å². The molecule has 2 N–H and O–H groups in total. The summed E-state index contributed by atoms with van der Waals surface area (Å²) in [7, 11) is 0. The monoisotopic (exact) mass is 495 g/mol. The lowest BCUT2D eigenvalue weighted by atomic mass is 10.0. The lowest BCUT2D eigenvalue weighted by molar-refractivity contribution is -0.137. The summed E-state index contributed by atoms with van der Waals surface area (Å²) in [5, 5.41) is 10.6. The van der Waals surface area contributed by atoms with Gasteiger partial charge in [0, 0.05) is 5.56 Å². The van der Waals surface area contributed by atoms with E-state index in [1.807, 2.05) is 61.5 Å². The molecule has 1 aliphatic rings. The summed E-state index contributed by atoms with van der Waals surface area (Å²) in [6.07, 6.45) is -4.59. The largest absolute Gasteiger partial charge is 0.418 e. The normalized spacial score (nSPS) is 17.4. The summed E-state index contributed by atoms with van der Waals surface area (Å²) >= 11 is 1.15. The van der Waals surface area contributed by atoms with Gasteiger partial charge in [-0.2, -0.15) is 13.2 Å². The summed E-state index contributed by atoms with van der Waals surface area (Å²) in [5.74, 6) is 0.00627. The highest BCUT2D eigenvalue weighted by Gasteiger charge is 2.39. The highest BCUT2D eigenvalue weighted by atomic mass is 32.2. The van der Waals surface area contributed by atoms with Crippen molar-refractivity contribution in [2.45, 2.75) is 29.5 Å². The van der Waals surface area contributed by atoms with Crippen LogP contribution in [0.2, 0.25) is 0 Å². The molecule has 1 aromatic heterocycles. The van der Waals surface area contributed by atoms with Crippen LogP contribution in [-0.2, 0) is 11.0 Å². The Bertz CT molecular complexity index is 1360. The van der Waals surface area contributed by atoms with Gasteiger partial charge in [0.05, 0.1) is 17.3 Å². The highest BCUT2D eigenvalue weighted by molar-refractivity contribution is 8.00. The minimum atomic E-state index is -4.59. The van der Waals surface area contributed by atoms with Crippen LogP contribution in [0.5, 0.6) is 0 Å². The van der Waals surface area contributed by atoms with Gasteiger partial charge in [-0.3, -0.25) is 4.79 Å². The summed E-state index contributed by atoms with van der Waals surface area (Å²) in [5.41, 5.74) is 4.84. The standard InChI is InChI=1S/C25H20F3N5OS/c1-15-11-13-16(14-12-15)20-21(23(34)29-19-10-6-5-9-18(19)25(26,27)28)35-24-31-30-22(33(24)32-20)17-7-3-2-4-8-17/h2-14,20-21,32H,1H3,(H,29,34)/t20-,21+/m0/s1. The molecule has 0 saturated heterocycles. The fourth-order valence-corrected chi connectivity index (χ4v) is 4.98. The van der Waals surface area contributed by atoms with E-state index in [0.717, 1.165) is 34.5 Å². The molecule has 2 heterocycles. The molecular weight excluding hydrogens is 475 g/mol. The number of nitrogens with one attached hydrogen (secondary N) is 2. The minimum absolute atomic E-state index is 0.287. The van der Waals surface area contributed by atoms with E-state index in [4.69, 9.17) is 0 Å². The number of thioether (sulfide) groups is 1. The molecule has 6 nitrogen and oxygen atoms in total. The van der Waals surface area contributed by atoms with Gasteiger partial charge in [0.1, 0.15) is 5.25 Å². The number of halogens is 3. The Balaban J connectivity index is 1.52. The van der Waals surface area contributed by atoms with Gasteiger partial charge in [0.25, 0.3) is 0 Å². The summed E-state index contributed by atoms with van der Waals surface area (Å²) in [6.45, 7) is 1.95. The third-order valence-corrected chi connectivity index (χ3v) is 6.87. The Morgan fingerprint density at radius 1 is 0.971 bits per heavy atom. The summed E-state index contributed by atoms with van der Waals surface area (Å²) in [4.78, 5) is 13.4. The van der Waals surface area contributed by atoms with Crippen LogP contribution in [0, 0.1) is 6.92 Å². The van der Waals surface area contributed by atoms with Crippen molar-refractivity contribution < 1.29 is 18.0 Å². The number of fused-ring (bicyclic) bond motifs is 1. The Hall–Kier alpha value is -3.79. The molecule has 178 valence electrons. The van der Waals surface area contributed by atoms with Gasteiger partial charge in [-0.05, 0) is 24.6 Å². The van der Waals surface area contributed by atoms with E-state index in [0.29, 0.717) is 11.0 Å². The first-order valence-corrected chi connectivity index (χ1v) is 11.7. The molecule has 0 bridgehead atoms. The number of aryl methyl sites for hydroxylation is 1. The highest BCUT2D eigenvalue weighted by Crippen LogP contribution is 2.40. The van der Waals surface area contributed by atoms with Crippen LogP contribution in [0.15, 0.2) is 84.0 Å². The zero-order chi connectivity index (χ0) is 24.6. The number of para-hydroxylation sites is 1. The Morgan fingerprint density at radius 2 is 1.66 bits per heavy atom. The number of alkyl halides is 3. The third kappa shape index (κ3) is 4.61. The summed E-state index contributed by atoms with van der Waals surface area (Å²) < 4.78 is 42.2. The number of hydrogen-bond donors (Lipinski definition) is 2. The molecule has 0 fully saturated rings. The van der Waals surface area contributed by atoms with Crippen LogP contribution in [0.4, 0.5) is 18.9 Å². The molecule has 10 heteroatoms. The number of hydrogen-bond acceptors (Lipinski definition) is 5. The van der Waals surface area contributed by atoms with Gasteiger partial charge in [0.15, 0.2) is 5.82 Å². The van der Waals surface area contributed by atoms with Crippen molar-refractivity contribution in [3.05, 3.63) is 95.6 Å². The smallest absolute Gasteiger partial charge is 0.324 e.